The van der Waals surface area contributed by atoms with Crippen molar-refractivity contribution < 1.29 is 9.59 Å². The summed E-state index contributed by atoms with van der Waals surface area (Å²) in [4.78, 5) is 37.6. The summed E-state index contributed by atoms with van der Waals surface area (Å²) in [5.74, 6) is -0.524. The Morgan fingerprint density at radius 1 is 0.970 bits per heavy atom. The number of amides is 3. The van der Waals surface area contributed by atoms with E-state index in [-0.39, 0.29) is 23.9 Å². The van der Waals surface area contributed by atoms with Crippen LogP contribution in [0.25, 0.3) is 0 Å². The molecule has 172 valence electrons. The van der Waals surface area contributed by atoms with Gasteiger partial charge in [-0.05, 0) is 29.2 Å². The molecule has 3 N–H and O–H groups in total. The smallest absolute Gasteiger partial charge is 0.315 e. The molecule has 0 radical (unpaired) electrons. The lowest BCUT2D eigenvalue weighted by molar-refractivity contribution is -0.118. The number of hydrogen-bond acceptors (Lipinski definition) is 3. The van der Waals surface area contributed by atoms with Crippen LogP contribution in [0.15, 0.2) is 77.7 Å². The summed E-state index contributed by atoms with van der Waals surface area (Å²) in [7, 11) is 0. The highest BCUT2D eigenvalue weighted by molar-refractivity contribution is 6.31. The fourth-order valence-corrected chi connectivity index (χ4v) is 3.46. The second-order valence-electron chi connectivity index (χ2n) is 8.00. The quantitative estimate of drug-likeness (QED) is 0.468. The second kappa shape index (κ2) is 11.3. The number of urea groups is 1. The number of aromatic nitrogens is 1. The summed E-state index contributed by atoms with van der Waals surface area (Å²) < 4.78 is 1.47. The predicted octanol–water partition coefficient (Wildman–Crippen LogP) is 4.01. The van der Waals surface area contributed by atoms with Crippen LogP contribution in [0.5, 0.6) is 0 Å². The second-order valence-corrected chi connectivity index (χ2v) is 8.41. The molecular weight excluding hydrogens is 440 g/mol. The SMILES string of the molecule is CC(C)C(NC(=O)NCc1ccccc1)C(=O)Nc1ccc(=O)n(Cc2ccccc2Cl)c1. The Kier molecular flexibility index (Phi) is 8.27. The molecule has 33 heavy (non-hydrogen) atoms. The van der Waals surface area contributed by atoms with Crippen molar-refractivity contribution in [1.82, 2.24) is 15.2 Å². The molecule has 2 aromatic carbocycles. The first-order valence-corrected chi connectivity index (χ1v) is 11.0. The fraction of sp³-hybridized carbons (Fsp3) is 0.240. The number of halogens is 1. The molecule has 3 aromatic rings. The van der Waals surface area contributed by atoms with Crippen LogP contribution in [0.4, 0.5) is 10.5 Å². The van der Waals surface area contributed by atoms with Gasteiger partial charge in [0.05, 0.1) is 12.2 Å². The summed E-state index contributed by atoms with van der Waals surface area (Å²) in [6, 6.07) is 18.5. The van der Waals surface area contributed by atoms with E-state index >= 15 is 0 Å². The Morgan fingerprint density at radius 2 is 1.67 bits per heavy atom. The Bertz CT molecular complexity index is 1160. The maximum absolute atomic E-state index is 12.9. The molecule has 3 amide bonds. The number of hydrogen-bond donors (Lipinski definition) is 3. The van der Waals surface area contributed by atoms with Gasteiger partial charge in [0.1, 0.15) is 6.04 Å². The average molecular weight is 467 g/mol. The zero-order chi connectivity index (χ0) is 23.8. The molecule has 1 atom stereocenters. The summed E-state index contributed by atoms with van der Waals surface area (Å²) in [6.45, 7) is 4.32. The van der Waals surface area contributed by atoms with Crippen LogP contribution in [0, 0.1) is 5.92 Å². The Labute approximate surface area is 197 Å². The van der Waals surface area contributed by atoms with E-state index in [1.165, 1.54) is 16.7 Å². The molecule has 0 fully saturated rings. The number of benzene rings is 2. The summed E-state index contributed by atoms with van der Waals surface area (Å²) in [5, 5.41) is 8.85. The van der Waals surface area contributed by atoms with Gasteiger partial charge in [-0.2, -0.15) is 0 Å². The molecule has 0 aliphatic carbocycles. The Balaban J connectivity index is 1.65. The van der Waals surface area contributed by atoms with Gasteiger partial charge in [0.25, 0.3) is 5.56 Å². The van der Waals surface area contributed by atoms with Crippen molar-refractivity contribution in [3.05, 3.63) is 99.4 Å². The van der Waals surface area contributed by atoms with Gasteiger partial charge in [0.2, 0.25) is 5.91 Å². The van der Waals surface area contributed by atoms with Gasteiger partial charge in [-0.25, -0.2) is 4.79 Å². The minimum absolute atomic E-state index is 0.151. The van der Waals surface area contributed by atoms with Gasteiger partial charge < -0.3 is 20.5 Å². The first-order chi connectivity index (χ1) is 15.8. The minimum atomic E-state index is -0.760. The minimum Gasteiger partial charge on any atom is -0.334 e. The van der Waals surface area contributed by atoms with Gasteiger partial charge >= 0.3 is 6.03 Å². The fourth-order valence-electron chi connectivity index (χ4n) is 3.26. The Morgan fingerprint density at radius 3 is 2.36 bits per heavy atom. The van der Waals surface area contributed by atoms with Crippen molar-refractivity contribution in [3.8, 4) is 0 Å². The summed E-state index contributed by atoms with van der Waals surface area (Å²) >= 11 is 6.21. The largest absolute Gasteiger partial charge is 0.334 e. The van der Waals surface area contributed by atoms with E-state index in [0.717, 1.165) is 11.1 Å². The van der Waals surface area contributed by atoms with Gasteiger partial charge in [-0.15, -0.1) is 0 Å². The number of pyridine rings is 1. The number of rotatable bonds is 8. The zero-order valence-corrected chi connectivity index (χ0v) is 19.3. The topological polar surface area (TPSA) is 92.2 Å². The van der Waals surface area contributed by atoms with Crippen LogP contribution in [0.3, 0.4) is 0 Å². The van der Waals surface area contributed by atoms with Crippen LogP contribution in [-0.4, -0.2) is 22.5 Å². The first-order valence-electron chi connectivity index (χ1n) is 10.7. The molecule has 0 spiro atoms. The first kappa shape index (κ1) is 24.1. The lowest BCUT2D eigenvalue weighted by Gasteiger charge is -2.22. The normalized spacial score (nSPS) is 11.6. The molecule has 0 aliphatic rings. The predicted molar refractivity (Wildman–Crippen MR) is 130 cm³/mol. The number of nitrogens with zero attached hydrogens (tertiary/aromatic N) is 1. The number of anilines is 1. The van der Waals surface area contributed by atoms with Crippen molar-refractivity contribution >= 4 is 29.2 Å². The molecule has 1 aromatic heterocycles. The zero-order valence-electron chi connectivity index (χ0n) is 18.5. The highest BCUT2D eigenvalue weighted by Crippen LogP contribution is 2.16. The van der Waals surface area contributed by atoms with Crippen LogP contribution in [0.1, 0.15) is 25.0 Å². The van der Waals surface area contributed by atoms with Crippen LogP contribution >= 0.6 is 11.6 Å². The van der Waals surface area contributed by atoms with Crippen molar-refractivity contribution in [2.24, 2.45) is 5.92 Å². The van der Waals surface area contributed by atoms with E-state index in [2.05, 4.69) is 16.0 Å². The lowest BCUT2D eigenvalue weighted by atomic mass is 10.0. The van der Waals surface area contributed by atoms with E-state index in [9.17, 15) is 14.4 Å². The van der Waals surface area contributed by atoms with Crippen molar-refractivity contribution in [3.63, 3.8) is 0 Å². The monoisotopic (exact) mass is 466 g/mol. The average Bonchev–Trinajstić information content (AvgIpc) is 2.80. The molecule has 0 bridgehead atoms. The molecule has 1 unspecified atom stereocenters. The molecule has 0 aliphatic heterocycles. The van der Waals surface area contributed by atoms with E-state index in [1.54, 1.807) is 12.3 Å². The Hall–Kier alpha value is -3.58. The van der Waals surface area contributed by atoms with Crippen LogP contribution in [-0.2, 0) is 17.9 Å². The molecular formula is C25H27ClN4O3. The number of carbonyl (C=O) groups is 2. The number of carbonyl (C=O) groups excluding carboxylic acids is 2. The highest BCUT2D eigenvalue weighted by atomic mass is 35.5. The molecule has 1 heterocycles. The summed E-state index contributed by atoms with van der Waals surface area (Å²) in [5.41, 5.74) is 1.98. The van der Waals surface area contributed by atoms with Crippen molar-refractivity contribution in [1.29, 1.82) is 0 Å². The maximum Gasteiger partial charge on any atom is 0.315 e. The highest BCUT2D eigenvalue weighted by Gasteiger charge is 2.24. The van der Waals surface area contributed by atoms with E-state index in [1.807, 2.05) is 62.4 Å². The van der Waals surface area contributed by atoms with E-state index in [0.29, 0.717) is 17.3 Å². The molecule has 0 saturated heterocycles. The van der Waals surface area contributed by atoms with E-state index < -0.39 is 12.1 Å². The summed E-state index contributed by atoms with van der Waals surface area (Å²) in [6.07, 6.45) is 1.57. The van der Waals surface area contributed by atoms with Gasteiger partial charge in [0.15, 0.2) is 0 Å². The third-order valence-corrected chi connectivity index (χ3v) is 5.45. The standard InChI is InChI=1S/C25H27ClN4O3/c1-17(2)23(29-25(33)27-14-18-8-4-3-5-9-18)24(32)28-20-12-13-22(31)30(16-20)15-19-10-6-7-11-21(19)26/h3-13,16-17,23H,14-15H2,1-2H3,(H,28,32)(H2,27,29,33). The van der Waals surface area contributed by atoms with Crippen molar-refractivity contribution in [2.75, 3.05) is 5.32 Å². The molecule has 7 nitrogen and oxygen atoms in total. The van der Waals surface area contributed by atoms with Crippen LogP contribution < -0.4 is 21.5 Å². The molecule has 0 saturated carbocycles. The lowest BCUT2D eigenvalue weighted by Crippen LogP contribution is -2.50. The maximum atomic E-state index is 12.9. The van der Waals surface area contributed by atoms with E-state index in [4.69, 9.17) is 11.6 Å². The van der Waals surface area contributed by atoms with Gasteiger partial charge in [0, 0.05) is 23.8 Å². The van der Waals surface area contributed by atoms with Gasteiger partial charge in [-0.1, -0.05) is 74.0 Å². The number of nitrogens with one attached hydrogen (secondary N) is 3. The van der Waals surface area contributed by atoms with Crippen molar-refractivity contribution in [2.45, 2.75) is 33.0 Å². The van der Waals surface area contributed by atoms with Gasteiger partial charge in [-0.3, -0.25) is 9.59 Å². The molecule has 8 heteroatoms. The third-order valence-electron chi connectivity index (χ3n) is 5.08. The molecule has 3 rings (SSSR count). The third kappa shape index (κ3) is 6.95. The van der Waals surface area contributed by atoms with Crippen LogP contribution in [0.2, 0.25) is 5.02 Å².